The van der Waals surface area contributed by atoms with Gasteiger partial charge in [0.2, 0.25) is 0 Å². The second-order valence-electron chi connectivity index (χ2n) is 5.01. The number of rotatable bonds is 5. The molecule has 19 heavy (non-hydrogen) atoms. The van der Waals surface area contributed by atoms with Crippen molar-refractivity contribution in [3.05, 3.63) is 29.6 Å². The number of ether oxygens (including phenoxy) is 2. The lowest BCUT2D eigenvalue weighted by molar-refractivity contribution is 0.0156. The Morgan fingerprint density at radius 3 is 2.95 bits per heavy atom. The zero-order valence-electron chi connectivity index (χ0n) is 11.6. The third-order valence-electron chi connectivity index (χ3n) is 3.60. The summed E-state index contributed by atoms with van der Waals surface area (Å²) >= 11 is 0. The minimum atomic E-state index is -0.317. The van der Waals surface area contributed by atoms with E-state index in [4.69, 9.17) is 9.47 Å². The van der Waals surface area contributed by atoms with Crippen LogP contribution in [0.3, 0.4) is 0 Å². The highest BCUT2D eigenvalue weighted by molar-refractivity contribution is 5.30. The highest BCUT2D eigenvalue weighted by atomic mass is 19.1. The van der Waals surface area contributed by atoms with Crippen LogP contribution >= 0.6 is 0 Å². The van der Waals surface area contributed by atoms with E-state index in [0.717, 1.165) is 31.6 Å². The molecule has 0 aliphatic carbocycles. The lowest BCUT2D eigenvalue weighted by atomic mass is 10.1. The third-order valence-corrected chi connectivity index (χ3v) is 3.60. The van der Waals surface area contributed by atoms with Crippen LogP contribution in [0.5, 0.6) is 5.75 Å². The molecule has 4 heteroatoms. The second-order valence-corrected chi connectivity index (χ2v) is 5.01. The van der Waals surface area contributed by atoms with Crippen LogP contribution in [-0.2, 0) is 4.74 Å². The summed E-state index contributed by atoms with van der Waals surface area (Å²) in [4.78, 5) is 0. The monoisotopic (exact) mass is 267 g/mol. The van der Waals surface area contributed by atoms with Crippen molar-refractivity contribution < 1.29 is 13.9 Å². The highest BCUT2D eigenvalue weighted by Crippen LogP contribution is 2.22. The van der Waals surface area contributed by atoms with E-state index in [-0.39, 0.29) is 17.6 Å². The number of halogens is 1. The average Bonchev–Trinajstić information content (AvgIpc) is 2.45. The molecule has 2 rings (SSSR count). The van der Waals surface area contributed by atoms with Gasteiger partial charge in [-0.2, -0.15) is 0 Å². The summed E-state index contributed by atoms with van der Waals surface area (Å²) in [6.07, 6.45) is 3.80. The van der Waals surface area contributed by atoms with Crippen LogP contribution in [0.25, 0.3) is 0 Å². The fourth-order valence-electron chi connectivity index (χ4n) is 2.35. The predicted octanol–water partition coefficient (Wildman–Crippen LogP) is 3.05. The van der Waals surface area contributed by atoms with E-state index >= 15 is 0 Å². The minimum absolute atomic E-state index is 0.103. The molecule has 2 unspecified atom stereocenters. The van der Waals surface area contributed by atoms with Crippen molar-refractivity contribution >= 4 is 0 Å². The maximum absolute atomic E-state index is 13.6. The largest absolute Gasteiger partial charge is 0.494 e. The zero-order valence-corrected chi connectivity index (χ0v) is 11.6. The highest BCUT2D eigenvalue weighted by Gasteiger charge is 2.15. The molecule has 106 valence electrons. The van der Waals surface area contributed by atoms with Crippen molar-refractivity contribution in [1.29, 1.82) is 0 Å². The van der Waals surface area contributed by atoms with Gasteiger partial charge < -0.3 is 14.8 Å². The van der Waals surface area contributed by atoms with E-state index in [2.05, 4.69) is 5.32 Å². The van der Waals surface area contributed by atoms with Crippen LogP contribution in [0.1, 0.15) is 37.8 Å². The molecule has 1 aromatic rings. The SMILES string of the molecule is COc1ccc(C(C)NCC2CCCCO2)cc1F. The van der Waals surface area contributed by atoms with Crippen LogP contribution in [0.2, 0.25) is 0 Å². The van der Waals surface area contributed by atoms with Gasteiger partial charge >= 0.3 is 0 Å². The maximum Gasteiger partial charge on any atom is 0.165 e. The Hall–Kier alpha value is -1.13. The van der Waals surface area contributed by atoms with Crippen LogP contribution in [-0.4, -0.2) is 26.4 Å². The van der Waals surface area contributed by atoms with E-state index in [1.165, 1.54) is 19.6 Å². The minimum Gasteiger partial charge on any atom is -0.494 e. The van der Waals surface area contributed by atoms with Crippen molar-refractivity contribution in [3.63, 3.8) is 0 Å². The van der Waals surface area contributed by atoms with E-state index in [1.54, 1.807) is 6.07 Å². The lowest BCUT2D eigenvalue weighted by Crippen LogP contribution is -2.33. The Balaban J connectivity index is 1.88. The first-order chi connectivity index (χ1) is 9.20. The first kappa shape index (κ1) is 14.3. The molecule has 0 amide bonds. The molecule has 1 aromatic carbocycles. The smallest absolute Gasteiger partial charge is 0.165 e. The molecule has 1 heterocycles. The summed E-state index contributed by atoms with van der Waals surface area (Å²) in [5, 5.41) is 3.40. The van der Waals surface area contributed by atoms with Gasteiger partial charge in [-0.15, -0.1) is 0 Å². The van der Waals surface area contributed by atoms with Crippen molar-refractivity contribution in [1.82, 2.24) is 5.32 Å². The van der Waals surface area contributed by atoms with E-state index in [0.29, 0.717) is 6.10 Å². The molecule has 1 N–H and O–H groups in total. The summed E-state index contributed by atoms with van der Waals surface area (Å²) in [5.74, 6) is -0.0332. The van der Waals surface area contributed by atoms with Gasteiger partial charge in [0, 0.05) is 19.2 Å². The first-order valence-corrected chi connectivity index (χ1v) is 6.89. The van der Waals surface area contributed by atoms with Crippen LogP contribution in [0, 0.1) is 5.82 Å². The molecule has 1 saturated heterocycles. The van der Waals surface area contributed by atoms with Crippen molar-refractivity contribution in [2.24, 2.45) is 0 Å². The normalized spacial score (nSPS) is 21.1. The molecule has 1 aliphatic heterocycles. The lowest BCUT2D eigenvalue weighted by Gasteiger charge is -2.25. The maximum atomic E-state index is 13.6. The summed E-state index contributed by atoms with van der Waals surface area (Å²) in [6.45, 7) is 3.71. The zero-order chi connectivity index (χ0) is 13.7. The molecule has 0 saturated carbocycles. The van der Waals surface area contributed by atoms with Crippen LogP contribution in [0.15, 0.2) is 18.2 Å². The molecule has 0 aromatic heterocycles. The Labute approximate surface area is 114 Å². The van der Waals surface area contributed by atoms with Gasteiger partial charge in [-0.1, -0.05) is 6.07 Å². The molecule has 0 spiro atoms. The fourth-order valence-corrected chi connectivity index (χ4v) is 2.35. The Bertz CT molecular complexity index is 405. The van der Waals surface area contributed by atoms with Crippen molar-refractivity contribution in [2.45, 2.75) is 38.3 Å². The van der Waals surface area contributed by atoms with Crippen molar-refractivity contribution in [3.8, 4) is 5.75 Å². The summed E-state index contributed by atoms with van der Waals surface area (Å²) in [6, 6.07) is 5.19. The summed E-state index contributed by atoms with van der Waals surface area (Å²) in [5.41, 5.74) is 0.925. The van der Waals surface area contributed by atoms with E-state index < -0.39 is 0 Å². The fraction of sp³-hybridized carbons (Fsp3) is 0.600. The number of nitrogens with one attached hydrogen (secondary N) is 1. The van der Waals surface area contributed by atoms with Gasteiger partial charge in [0.1, 0.15) is 0 Å². The Morgan fingerprint density at radius 2 is 2.32 bits per heavy atom. The van der Waals surface area contributed by atoms with Gasteiger partial charge in [0.25, 0.3) is 0 Å². The standard InChI is InChI=1S/C15H22FNO2/c1-11(17-10-13-5-3-4-8-19-13)12-6-7-15(18-2)14(16)9-12/h6-7,9,11,13,17H,3-5,8,10H2,1-2H3. The molecule has 1 fully saturated rings. The van der Waals surface area contributed by atoms with Crippen LogP contribution < -0.4 is 10.1 Å². The number of benzene rings is 1. The van der Waals surface area contributed by atoms with Crippen LogP contribution in [0.4, 0.5) is 4.39 Å². The Morgan fingerprint density at radius 1 is 1.47 bits per heavy atom. The Kier molecular flexibility index (Phi) is 5.16. The van der Waals surface area contributed by atoms with Gasteiger partial charge in [0.05, 0.1) is 13.2 Å². The first-order valence-electron chi connectivity index (χ1n) is 6.89. The predicted molar refractivity (Wildman–Crippen MR) is 73.0 cm³/mol. The van der Waals surface area contributed by atoms with Gasteiger partial charge in [-0.3, -0.25) is 0 Å². The molecular formula is C15H22FNO2. The summed E-state index contributed by atoms with van der Waals surface area (Å²) < 4.78 is 24.2. The van der Waals surface area contributed by atoms with Gasteiger partial charge in [0.15, 0.2) is 11.6 Å². The summed E-state index contributed by atoms with van der Waals surface area (Å²) in [7, 11) is 1.47. The van der Waals surface area contributed by atoms with Gasteiger partial charge in [-0.05, 0) is 43.9 Å². The molecular weight excluding hydrogens is 245 g/mol. The molecule has 0 radical (unpaired) electrons. The second kappa shape index (κ2) is 6.87. The number of hydrogen-bond acceptors (Lipinski definition) is 3. The number of methoxy groups -OCH3 is 1. The van der Waals surface area contributed by atoms with Gasteiger partial charge in [-0.25, -0.2) is 4.39 Å². The molecule has 0 bridgehead atoms. The van der Waals surface area contributed by atoms with Crippen molar-refractivity contribution in [2.75, 3.05) is 20.3 Å². The number of hydrogen-bond donors (Lipinski definition) is 1. The molecule has 2 atom stereocenters. The quantitative estimate of drug-likeness (QED) is 0.889. The third kappa shape index (κ3) is 3.91. The van der Waals surface area contributed by atoms with E-state index in [9.17, 15) is 4.39 Å². The molecule has 1 aliphatic rings. The van der Waals surface area contributed by atoms with E-state index in [1.807, 2.05) is 13.0 Å². The average molecular weight is 267 g/mol. The molecule has 3 nitrogen and oxygen atoms in total. The topological polar surface area (TPSA) is 30.5 Å².